The van der Waals surface area contributed by atoms with Crippen LogP contribution in [0.5, 0.6) is 0 Å². The summed E-state index contributed by atoms with van der Waals surface area (Å²) in [5.41, 5.74) is 3.19. The molecule has 2 amide bonds. The number of anilines is 1. The minimum Gasteiger partial charge on any atom is -0.451 e. The van der Waals surface area contributed by atoms with Gasteiger partial charge in [-0.1, -0.05) is 12.1 Å². The van der Waals surface area contributed by atoms with Crippen LogP contribution >= 0.6 is 0 Å². The van der Waals surface area contributed by atoms with Gasteiger partial charge < -0.3 is 14.8 Å². The second kappa shape index (κ2) is 7.18. The van der Waals surface area contributed by atoms with Gasteiger partial charge >= 0.3 is 6.03 Å². The molecule has 4 rings (SSSR count). The smallest absolute Gasteiger partial charge is 0.333 e. The van der Waals surface area contributed by atoms with Crippen molar-refractivity contribution in [1.29, 1.82) is 0 Å². The largest absolute Gasteiger partial charge is 0.451 e. The second-order valence-corrected chi connectivity index (χ2v) is 10.1. The zero-order valence-corrected chi connectivity index (χ0v) is 17.4. The van der Waals surface area contributed by atoms with Crippen molar-refractivity contribution in [3.63, 3.8) is 0 Å². The first-order chi connectivity index (χ1) is 13.6. The molecule has 0 aliphatic heterocycles. The summed E-state index contributed by atoms with van der Waals surface area (Å²) in [5.74, 6) is 0.644. The minimum absolute atomic E-state index is 0.311. The quantitative estimate of drug-likeness (QED) is 0.666. The van der Waals surface area contributed by atoms with Crippen molar-refractivity contribution in [2.75, 3.05) is 5.32 Å². The van der Waals surface area contributed by atoms with Gasteiger partial charge in [0.25, 0.3) is 10.0 Å². The molecule has 2 aromatic rings. The van der Waals surface area contributed by atoms with Crippen LogP contribution in [0.2, 0.25) is 0 Å². The summed E-state index contributed by atoms with van der Waals surface area (Å²) in [4.78, 5) is 12.6. The van der Waals surface area contributed by atoms with Gasteiger partial charge in [0.2, 0.25) is 5.09 Å². The maximum Gasteiger partial charge on any atom is 0.333 e. The lowest BCUT2D eigenvalue weighted by atomic mass is 9.99. The van der Waals surface area contributed by atoms with Gasteiger partial charge in [-0.3, -0.25) is 0 Å². The maximum absolute atomic E-state index is 12.6. The number of benzene rings is 1. The highest BCUT2D eigenvalue weighted by atomic mass is 32.2. The molecule has 7 nitrogen and oxygen atoms in total. The van der Waals surface area contributed by atoms with Crippen molar-refractivity contribution in [1.82, 2.24) is 4.72 Å². The number of hydrogen-bond acceptors (Lipinski definition) is 5. The van der Waals surface area contributed by atoms with Gasteiger partial charge in [0.15, 0.2) is 0 Å². The molecule has 1 saturated carbocycles. The third-order valence-electron chi connectivity index (χ3n) is 5.59. The lowest BCUT2D eigenvalue weighted by molar-refractivity contribution is 0.0779. The van der Waals surface area contributed by atoms with Gasteiger partial charge in [-0.05, 0) is 75.0 Å². The summed E-state index contributed by atoms with van der Waals surface area (Å²) in [6.45, 7) is 3.04. The van der Waals surface area contributed by atoms with Gasteiger partial charge in [-0.2, -0.15) is 8.42 Å². The minimum atomic E-state index is -4.20. The lowest BCUT2D eigenvalue weighted by Gasteiger charge is -2.16. The number of sulfonamides is 1. The topological polar surface area (TPSA) is 109 Å². The molecule has 0 atom stereocenters. The third-order valence-corrected chi connectivity index (χ3v) is 6.78. The van der Waals surface area contributed by atoms with E-state index >= 15 is 0 Å². The molecule has 156 valence electrons. The van der Waals surface area contributed by atoms with Crippen molar-refractivity contribution in [3.05, 3.63) is 46.7 Å². The summed E-state index contributed by atoms with van der Waals surface area (Å²) >= 11 is 0. The second-order valence-electron chi connectivity index (χ2n) is 8.51. The number of carbonyl (C=O) groups is 1. The molecule has 3 N–H and O–H groups in total. The molecule has 0 bridgehead atoms. The monoisotopic (exact) mass is 418 g/mol. The Morgan fingerprint density at radius 2 is 2.03 bits per heavy atom. The van der Waals surface area contributed by atoms with E-state index in [1.807, 2.05) is 4.72 Å². The molecule has 1 fully saturated rings. The van der Waals surface area contributed by atoms with Crippen LogP contribution in [0, 0.1) is 5.92 Å². The van der Waals surface area contributed by atoms with E-state index < -0.39 is 26.7 Å². The predicted molar refractivity (Wildman–Crippen MR) is 108 cm³/mol. The fraction of sp³-hybridized carbons (Fsp3) is 0.476. The summed E-state index contributed by atoms with van der Waals surface area (Å²) in [6.07, 6.45) is 7.33. The Bertz CT molecular complexity index is 1050. The molecular formula is C21H26N2O5S. The van der Waals surface area contributed by atoms with E-state index in [1.165, 1.54) is 44.6 Å². The van der Waals surface area contributed by atoms with Gasteiger partial charge in [-0.15, -0.1) is 0 Å². The Balaban J connectivity index is 1.54. The zero-order chi connectivity index (χ0) is 20.8. The van der Waals surface area contributed by atoms with E-state index in [9.17, 15) is 18.3 Å². The molecule has 0 unspecified atom stereocenters. The molecule has 1 aromatic carbocycles. The van der Waals surface area contributed by atoms with Gasteiger partial charge in [0.05, 0.1) is 11.9 Å². The number of urea groups is 1. The van der Waals surface area contributed by atoms with E-state index in [2.05, 4.69) is 17.4 Å². The molecule has 0 radical (unpaired) electrons. The summed E-state index contributed by atoms with van der Waals surface area (Å²) < 4.78 is 32.2. The third kappa shape index (κ3) is 4.33. The first kappa shape index (κ1) is 20.0. The van der Waals surface area contributed by atoms with Crippen LogP contribution < -0.4 is 10.0 Å². The Labute approximate surface area is 170 Å². The van der Waals surface area contributed by atoms with Crippen molar-refractivity contribution in [3.8, 4) is 0 Å². The van der Waals surface area contributed by atoms with Gasteiger partial charge in [-0.25, -0.2) is 9.52 Å². The average Bonchev–Trinajstić information content (AvgIpc) is 3.11. The highest BCUT2D eigenvalue weighted by molar-refractivity contribution is 7.89. The Hall–Kier alpha value is -2.32. The number of nitrogens with one attached hydrogen (secondary N) is 2. The van der Waals surface area contributed by atoms with E-state index in [-0.39, 0.29) is 0 Å². The first-order valence-corrected chi connectivity index (χ1v) is 11.4. The van der Waals surface area contributed by atoms with Crippen LogP contribution in [0.4, 0.5) is 10.5 Å². The number of fused-ring (bicyclic) bond motifs is 1. The van der Waals surface area contributed by atoms with Gasteiger partial charge in [0.1, 0.15) is 0 Å². The fourth-order valence-corrected chi connectivity index (χ4v) is 4.62. The number of rotatable bonds is 6. The Morgan fingerprint density at radius 3 is 2.69 bits per heavy atom. The SMILES string of the molecule is CC(C)(O)c1coc(S(=O)(=O)NC(=O)Nc2c(CC3CC3)ccc3c2CCC3)c1. The molecule has 2 aliphatic carbocycles. The molecule has 29 heavy (non-hydrogen) atoms. The van der Waals surface area contributed by atoms with Crippen LogP contribution in [0.3, 0.4) is 0 Å². The Morgan fingerprint density at radius 1 is 1.28 bits per heavy atom. The predicted octanol–water partition coefficient (Wildman–Crippen LogP) is 3.46. The van der Waals surface area contributed by atoms with Crippen molar-refractivity contribution in [2.45, 2.75) is 63.1 Å². The van der Waals surface area contributed by atoms with Crippen LogP contribution in [0.25, 0.3) is 0 Å². The molecule has 0 saturated heterocycles. The highest BCUT2D eigenvalue weighted by Gasteiger charge is 2.29. The van der Waals surface area contributed by atoms with Gasteiger partial charge in [0, 0.05) is 17.3 Å². The van der Waals surface area contributed by atoms with Crippen LogP contribution in [0.1, 0.15) is 55.4 Å². The molecule has 1 aromatic heterocycles. The summed E-state index contributed by atoms with van der Waals surface area (Å²) in [5, 5.41) is 12.4. The van der Waals surface area contributed by atoms with E-state index in [0.717, 1.165) is 42.5 Å². The maximum atomic E-state index is 12.6. The summed E-state index contributed by atoms with van der Waals surface area (Å²) in [6, 6.07) is 4.58. The highest BCUT2D eigenvalue weighted by Crippen LogP contribution is 2.38. The first-order valence-electron chi connectivity index (χ1n) is 9.92. The number of aryl methyl sites for hydroxylation is 1. The molecule has 2 aliphatic rings. The van der Waals surface area contributed by atoms with Crippen LogP contribution in [-0.2, 0) is 34.9 Å². The number of hydrogen-bond donors (Lipinski definition) is 3. The van der Waals surface area contributed by atoms with Crippen LogP contribution in [-0.4, -0.2) is 19.6 Å². The number of carbonyl (C=O) groups excluding carboxylic acids is 1. The van der Waals surface area contributed by atoms with Crippen LogP contribution in [0.15, 0.2) is 34.0 Å². The zero-order valence-electron chi connectivity index (χ0n) is 16.6. The van der Waals surface area contributed by atoms with E-state index in [4.69, 9.17) is 4.42 Å². The van der Waals surface area contributed by atoms with E-state index in [1.54, 1.807) is 0 Å². The molecule has 1 heterocycles. The number of furan rings is 1. The molecule has 0 spiro atoms. The van der Waals surface area contributed by atoms with Crippen molar-refractivity contribution < 1.29 is 22.7 Å². The molecule has 8 heteroatoms. The molecular weight excluding hydrogens is 392 g/mol. The van der Waals surface area contributed by atoms with E-state index in [0.29, 0.717) is 11.5 Å². The Kier molecular flexibility index (Phi) is 4.94. The fourth-order valence-electron chi connectivity index (χ4n) is 3.76. The standard InChI is InChI=1S/C21H26N2O5S/c1-21(2,25)16-11-18(28-12-16)29(26,27)23-20(24)22-19-15(10-13-6-7-13)9-8-14-4-3-5-17(14)19/h8-9,11-13,25H,3-7,10H2,1-2H3,(H2,22,23,24). The number of amides is 2. The van der Waals surface area contributed by atoms with Crippen molar-refractivity contribution >= 4 is 21.7 Å². The normalized spacial score (nSPS) is 16.5. The van der Waals surface area contributed by atoms with Crippen molar-refractivity contribution in [2.24, 2.45) is 5.92 Å². The summed E-state index contributed by atoms with van der Waals surface area (Å²) in [7, 11) is -4.20. The average molecular weight is 419 g/mol. The lowest BCUT2D eigenvalue weighted by Crippen LogP contribution is -2.34. The number of aliphatic hydroxyl groups is 1.